The van der Waals surface area contributed by atoms with Crippen molar-refractivity contribution in [3.63, 3.8) is 0 Å². The van der Waals surface area contributed by atoms with Gasteiger partial charge in [-0.1, -0.05) is 56.0 Å². The SMILES string of the molecule is c1ccc(COC2CCC(NC3CCCCCC3)CC2)cc1. The summed E-state index contributed by atoms with van der Waals surface area (Å²) in [5, 5.41) is 3.94. The van der Waals surface area contributed by atoms with E-state index in [0.717, 1.165) is 18.7 Å². The van der Waals surface area contributed by atoms with E-state index in [1.165, 1.54) is 69.8 Å². The van der Waals surface area contributed by atoms with Crippen LogP contribution in [-0.4, -0.2) is 18.2 Å². The number of nitrogens with one attached hydrogen (secondary N) is 1. The molecule has 2 saturated carbocycles. The standard InChI is InChI=1S/C20H31NO/c1-2-7-11-18(10-6-1)21-19-12-14-20(15-13-19)22-16-17-8-4-3-5-9-17/h3-5,8-9,18-21H,1-2,6-7,10-16H2. The molecule has 0 bridgehead atoms. The average Bonchev–Trinajstić information content (AvgIpc) is 2.84. The third-order valence-electron chi connectivity index (χ3n) is 5.33. The van der Waals surface area contributed by atoms with Crippen LogP contribution in [0.4, 0.5) is 0 Å². The normalized spacial score (nSPS) is 27.5. The van der Waals surface area contributed by atoms with Gasteiger partial charge in [-0.15, -0.1) is 0 Å². The molecule has 2 aliphatic rings. The lowest BCUT2D eigenvalue weighted by Gasteiger charge is -2.32. The van der Waals surface area contributed by atoms with Gasteiger partial charge in [0.25, 0.3) is 0 Å². The van der Waals surface area contributed by atoms with Crippen LogP contribution in [-0.2, 0) is 11.3 Å². The molecule has 1 aromatic carbocycles. The van der Waals surface area contributed by atoms with E-state index in [1.54, 1.807) is 0 Å². The molecule has 0 spiro atoms. The molecule has 0 unspecified atom stereocenters. The summed E-state index contributed by atoms with van der Waals surface area (Å²) in [6.45, 7) is 0.770. The minimum atomic E-state index is 0.465. The largest absolute Gasteiger partial charge is 0.374 e. The summed E-state index contributed by atoms with van der Waals surface area (Å²) in [4.78, 5) is 0. The minimum absolute atomic E-state index is 0.465. The van der Waals surface area contributed by atoms with Crippen molar-refractivity contribution in [2.45, 2.75) is 89.0 Å². The quantitative estimate of drug-likeness (QED) is 0.787. The first-order valence-electron chi connectivity index (χ1n) is 9.32. The van der Waals surface area contributed by atoms with Crippen molar-refractivity contribution in [3.05, 3.63) is 35.9 Å². The highest BCUT2D eigenvalue weighted by Crippen LogP contribution is 2.25. The molecule has 1 N–H and O–H groups in total. The van der Waals surface area contributed by atoms with Gasteiger partial charge >= 0.3 is 0 Å². The van der Waals surface area contributed by atoms with Gasteiger partial charge in [0, 0.05) is 12.1 Å². The predicted octanol–water partition coefficient (Wildman–Crippen LogP) is 4.83. The van der Waals surface area contributed by atoms with Gasteiger partial charge in [-0.3, -0.25) is 0 Å². The van der Waals surface area contributed by atoms with Gasteiger partial charge in [0.2, 0.25) is 0 Å². The van der Waals surface area contributed by atoms with Crippen LogP contribution in [0.25, 0.3) is 0 Å². The van der Waals surface area contributed by atoms with Crippen molar-refractivity contribution >= 4 is 0 Å². The fourth-order valence-electron chi connectivity index (χ4n) is 3.96. The highest BCUT2D eigenvalue weighted by atomic mass is 16.5. The second kappa shape index (κ2) is 8.69. The van der Waals surface area contributed by atoms with Crippen molar-refractivity contribution in [2.75, 3.05) is 0 Å². The zero-order valence-corrected chi connectivity index (χ0v) is 13.8. The van der Waals surface area contributed by atoms with Gasteiger partial charge in [0.15, 0.2) is 0 Å². The zero-order valence-electron chi connectivity index (χ0n) is 13.8. The summed E-state index contributed by atoms with van der Waals surface area (Å²) >= 11 is 0. The Morgan fingerprint density at radius 1 is 0.773 bits per heavy atom. The molecule has 122 valence electrons. The molecule has 2 nitrogen and oxygen atoms in total. The number of hydrogen-bond donors (Lipinski definition) is 1. The fourth-order valence-corrected chi connectivity index (χ4v) is 3.96. The van der Waals surface area contributed by atoms with Gasteiger partial charge < -0.3 is 10.1 Å². The molecule has 3 rings (SSSR count). The molecule has 0 heterocycles. The maximum atomic E-state index is 6.10. The van der Waals surface area contributed by atoms with Crippen molar-refractivity contribution in [3.8, 4) is 0 Å². The van der Waals surface area contributed by atoms with Crippen LogP contribution in [0.3, 0.4) is 0 Å². The fraction of sp³-hybridized carbons (Fsp3) is 0.700. The van der Waals surface area contributed by atoms with Crippen molar-refractivity contribution < 1.29 is 4.74 Å². The van der Waals surface area contributed by atoms with Crippen molar-refractivity contribution in [1.82, 2.24) is 5.32 Å². The summed E-state index contributed by atoms with van der Waals surface area (Å²) in [5.74, 6) is 0. The summed E-state index contributed by atoms with van der Waals surface area (Å²) in [5.41, 5.74) is 1.29. The topological polar surface area (TPSA) is 21.3 Å². The molecule has 0 radical (unpaired) electrons. The highest BCUT2D eigenvalue weighted by Gasteiger charge is 2.24. The van der Waals surface area contributed by atoms with Crippen LogP contribution >= 0.6 is 0 Å². The van der Waals surface area contributed by atoms with E-state index in [0.29, 0.717) is 6.10 Å². The lowest BCUT2D eigenvalue weighted by Crippen LogP contribution is -2.41. The second-order valence-corrected chi connectivity index (χ2v) is 7.13. The lowest BCUT2D eigenvalue weighted by molar-refractivity contribution is 0.0104. The molecule has 0 atom stereocenters. The Bertz CT molecular complexity index is 403. The van der Waals surface area contributed by atoms with Gasteiger partial charge in [-0.05, 0) is 44.1 Å². The first-order chi connectivity index (χ1) is 10.9. The van der Waals surface area contributed by atoms with Gasteiger partial charge in [0.1, 0.15) is 0 Å². The molecule has 0 aliphatic heterocycles. The Balaban J connectivity index is 1.35. The third-order valence-corrected chi connectivity index (χ3v) is 5.33. The van der Waals surface area contributed by atoms with Crippen LogP contribution in [0, 0.1) is 0 Å². The minimum Gasteiger partial charge on any atom is -0.374 e. The third kappa shape index (κ3) is 5.10. The molecular weight excluding hydrogens is 270 g/mol. The molecule has 2 aliphatic carbocycles. The van der Waals surface area contributed by atoms with Crippen LogP contribution in [0.2, 0.25) is 0 Å². The number of rotatable bonds is 5. The molecule has 22 heavy (non-hydrogen) atoms. The Labute approximate surface area is 135 Å². The summed E-state index contributed by atoms with van der Waals surface area (Å²) in [7, 11) is 0. The Hall–Kier alpha value is -0.860. The summed E-state index contributed by atoms with van der Waals surface area (Å²) in [6.07, 6.45) is 14.0. The zero-order chi connectivity index (χ0) is 15.0. The molecule has 0 amide bonds. The molecule has 2 fully saturated rings. The van der Waals surface area contributed by atoms with Crippen LogP contribution in [0.5, 0.6) is 0 Å². The molecule has 1 aromatic rings. The van der Waals surface area contributed by atoms with Gasteiger partial charge in [0.05, 0.1) is 12.7 Å². The molecular formula is C20H31NO. The smallest absolute Gasteiger partial charge is 0.0720 e. The monoisotopic (exact) mass is 301 g/mol. The van der Waals surface area contributed by atoms with Crippen LogP contribution < -0.4 is 5.32 Å². The lowest BCUT2D eigenvalue weighted by atomic mass is 9.91. The van der Waals surface area contributed by atoms with E-state index < -0.39 is 0 Å². The van der Waals surface area contributed by atoms with Crippen LogP contribution in [0.15, 0.2) is 30.3 Å². The number of hydrogen-bond acceptors (Lipinski definition) is 2. The van der Waals surface area contributed by atoms with Crippen molar-refractivity contribution in [1.29, 1.82) is 0 Å². The maximum Gasteiger partial charge on any atom is 0.0720 e. The molecule has 0 aromatic heterocycles. The highest BCUT2D eigenvalue weighted by molar-refractivity contribution is 5.13. The van der Waals surface area contributed by atoms with E-state index in [1.807, 2.05) is 0 Å². The second-order valence-electron chi connectivity index (χ2n) is 7.13. The van der Waals surface area contributed by atoms with Gasteiger partial charge in [-0.2, -0.15) is 0 Å². The Morgan fingerprint density at radius 3 is 2.09 bits per heavy atom. The number of ether oxygens (including phenoxy) is 1. The first kappa shape index (κ1) is 16.0. The maximum absolute atomic E-state index is 6.10. The van der Waals surface area contributed by atoms with Crippen LogP contribution in [0.1, 0.15) is 69.8 Å². The summed E-state index contributed by atoms with van der Waals surface area (Å²) in [6, 6.07) is 12.1. The van der Waals surface area contributed by atoms with Crippen molar-refractivity contribution in [2.24, 2.45) is 0 Å². The number of benzene rings is 1. The first-order valence-corrected chi connectivity index (χ1v) is 9.32. The van der Waals surface area contributed by atoms with Gasteiger partial charge in [-0.25, -0.2) is 0 Å². The van der Waals surface area contributed by atoms with E-state index in [2.05, 4.69) is 35.6 Å². The predicted molar refractivity (Wildman–Crippen MR) is 91.9 cm³/mol. The average molecular weight is 301 g/mol. The molecule has 2 heteroatoms. The Kier molecular flexibility index (Phi) is 6.32. The van der Waals surface area contributed by atoms with E-state index in [4.69, 9.17) is 4.74 Å². The summed E-state index contributed by atoms with van der Waals surface area (Å²) < 4.78 is 6.10. The Morgan fingerprint density at radius 2 is 1.41 bits per heavy atom. The van der Waals surface area contributed by atoms with E-state index in [-0.39, 0.29) is 0 Å². The molecule has 0 saturated heterocycles. The van der Waals surface area contributed by atoms with E-state index >= 15 is 0 Å². The van der Waals surface area contributed by atoms with E-state index in [9.17, 15) is 0 Å².